The number of fused-ring (bicyclic) bond motifs is 1. The lowest BCUT2D eigenvalue weighted by Crippen LogP contribution is -2.17. The molecule has 4 nitrogen and oxygen atoms in total. The van der Waals surface area contributed by atoms with Crippen LogP contribution in [-0.4, -0.2) is 18.7 Å². The molecule has 0 saturated carbocycles. The number of ether oxygens (including phenoxy) is 1. The summed E-state index contributed by atoms with van der Waals surface area (Å²) in [6.07, 6.45) is 1.64. The van der Waals surface area contributed by atoms with Crippen LogP contribution >= 0.6 is 45.2 Å². The standard InChI is InChI=1S/C20H16I2N2O2/c1-2-26-19-17(21)9-13(10-18(19)22)12-23-24-20(25)16-8-7-14-5-3-4-6-15(14)11-16/h3-12H,2H2,1H3,(H,24,25)/b23-12-. The van der Waals surface area contributed by atoms with Crippen LogP contribution in [0.15, 0.2) is 59.7 Å². The first-order chi connectivity index (χ1) is 12.6. The van der Waals surface area contributed by atoms with Crippen molar-refractivity contribution < 1.29 is 9.53 Å². The van der Waals surface area contributed by atoms with Crippen LogP contribution in [0.2, 0.25) is 0 Å². The number of amides is 1. The van der Waals surface area contributed by atoms with E-state index in [1.807, 2.05) is 55.5 Å². The van der Waals surface area contributed by atoms with Crippen molar-refractivity contribution in [2.75, 3.05) is 6.61 Å². The molecule has 26 heavy (non-hydrogen) atoms. The van der Waals surface area contributed by atoms with E-state index < -0.39 is 0 Å². The average molecular weight is 570 g/mol. The van der Waals surface area contributed by atoms with E-state index in [0.29, 0.717) is 12.2 Å². The van der Waals surface area contributed by atoms with Gasteiger partial charge < -0.3 is 4.74 Å². The quantitative estimate of drug-likeness (QED) is 0.260. The smallest absolute Gasteiger partial charge is 0.271 e. The highest BCUT2D eigenvalue weighted by atomic mass is 127. The van der Waals surface area contributed by atoms with Gasteiger partial charge >= 0.3 is 0 Å². The molecule has 132 valence electrons. The molecular formula is C20H16I2N2O2. The Kier molecular flexibility index (Phi) is 6.47. The predicted molar refractivity (Wildman–Crippen MR) is 122 cm³/mol. The summed E-state index contributed by atoms with van der Waals surface area (Å²) in [5.41, 5.74) is 4.07. The van der Waals surface area contributed by atoms with Gasteiger partial charge in [0.05, 0.1) is 20.0 Å². The Balaban J connectivity index is 1.72. The first-order valence-electron chi connectivity index (χ1n) is 8.02. The van der Waals surface area contributed by atoms with Crippen LogP contribution in [-0.2, 0) is 0 Å². The maximum atomic E-state index is 12.3. The van der Waals surface area contributed by atoms with Crippen molar-refractivity contribution >= 4 is 68.1 Å². The summed E-state index contributed by atoms with van der Waals surface area (Å²) in [5, 5.41) is 6.21. The zero-order valence-electron chi connectivity index (χ0n) is 14.0. The number of hydrogen-bond donors (Lipinski definition) is 1. The van der Waals surface area contributed by atoms with E-state index in [9.17, 15) is 4.79 Å². The lowest BCUT2D eigenvalue weighted by molar-refractivity contribution is 0.0955. The number of hydrazone groups is 1. The number of nitrogens with zero attached hydrogens (tertiary/aromatic N) is 1. The van der Waals surface area contributed by atoms with Gasteiger partial charge in [0.15, 0.2) is 0 Å². The molecule has 0 atom stereocenters. The lowest BCUT2D eigenvalue weighted by Gasteiger charge is -2.09. The maximum absolute atomic E-state index is 12.3. The van der Waals surface area contributed by atoms with Gasteiger partial charge in [-0.2, -0.15) is 5.10 Å². The highest BCUT2D eigenvalue weighted by Gasteiger charge is 2.08. The fourth-order valence-electron chi connectivity index (χ4n) is 2.50. The van der Waals surface area contributed by atoms with Crippen LogP contribution in [0.5, 0.6) is 5.75 Å². The molecule has 3 rings (SSSR count). The number of nitrogens with one attached hydrogen (secondary N) is 1. The molecule has 3 aromatic carbocycles. The molecule has 0 bridgehead atoms. The molecule has 0 aliphatic heterocycles. The second kappa shape index (κ2) is 8.81. The van der Waals surface area contributed by atoms with Gasteiger partial charge in [-0.3, -0.25) is 4.79 Å². The fraction of sp³-hybridized carbons (Fsp3) is 0.100. The molecule has 0 saturated heterocycles. The summed E-state index contributed by atoms with van der Waals surface area (Å²) in [6, 6.07) is 17.5. The van der Waals surface area contributed by atoms with Gasteiger partial charge in [0.2, 0.25) is 0 Å². The molecule has 0 unspecified atom stereocenters. The highest BCUT2D eigenvalue weighted by molar-refractivity contribution is 14.1. The molecule has 0 aromatic heterocycles. The number of rotatable bonds is 5. The summed E-state index contributed by atoms with van der Waals surface area (Å²) in [6.45, 7) is 2.59. The third kappa shape index (κ3) is 4.53. The number of carbonyl (C=O) groups is 1. The molecular weight excluding hydrogens is 554 g/mol. The first kappa shape index (κ1) is 19.1. The third-order valence-electron chi connectivity index (χ3n) is 3.70. The highest BCUT2D eigenvalue weighted by Crippen LogP contribution is 2.28. The number of hydrogen-bond acceptors (Lipinski definition) is 3. The minimum Gasteiger partial charge on any atom is -0.492 e. The Bertz CT molecular complexity index is 963. The van der Waals surface area contributed by atoms with Crippen LogP contribution in [0.1, 0.15) is 22.8 Å². The molecule has 1 amide bonds. The molecule has 3 aromatic rings. The minimum atomic E-state index is -0.234. The van der Waals surface area contributed by atoms with Gasteiger partial charge in [0.25, 0.3) is 5.91 Å². The summed E-state index contributed by atoms with van der Waals surface area (Å²) in [4.78, 5) is 12.3. The van der Waals surface area contributed by atoms with E-state index in [0.717, 1.165) is 29.2 Å². The molecule has 0 fully saturated rings. The SMILES string of the molecule is CCOc1c(I)cc(/C=N\NC(=O)c2ccc3ccccc3c2)cc1I. The molecule has 0 aliphatic rings. The van der Waals surface area contributed by atoms with Crippen molar-refractivity contribution in [3.63, 3.8) is 0 Å². The topological polar surface area (TPSA) is 50.7 Å². The monoisotopic (exact) mass is 570 g/mol. The zero-order valence-corrected chi connectivity index (χ0v) is 18.3. The van der Waals surface area contributed by atoms with Gasteiger partial charge in [0, 0.05) is 5.56 Å². The lowest BCUT2D eigenvalue weighted by atomic mass is 10.1. The molecule has 6 heteroatoms. The summed E-state index contributed by atoms with van der Waals surface area (Å²) < 4.78 is 7.65. The Morgan fingerprint density at radius 2 is 1.77 bits per heavy atom. The normalized spacial score (nSPS) is 11.0. The number of benzene rings is 3. The fourth-order valence-corrected chi connectivity index (χ4v) is 4.62. The minimum absolute atomic E-state index is 0.234. The maximum Gasteiger partial charge on any atom is 0.271 e. The van der Waals surface area contributed by atoms with Gasteiger partial charge in [-0.1, -0.05) is 30.3 Å². The second-order valence-electron chi connectivity index (χ2n) is 5.51. The van der Waals surface area contributed by atoms with E-state index in [1.165, 1.54) is 0 Å². The first-order valence-corrected chi connectivity index (χ1v) is 10.2. The predicted octanol–water partition coefficient (Wildman–Crippen LogP) is 5.21. The van der Waals surface area contributed by atoms with E-state index in [-0.39, 0.29) is 5.91 Å². The van der Waals surface area contributed by atoms with E-state index >= 15 is 0 Å². The Morgan fingerprint density at radius 3 is 2.46 bits per heavy atom. The Hall–Kier alpha value is -1.68. The van der Waals surface area contributed by atoms with Gasteiger partial charge in [-0.15, -0.1) is 0 Å². The van der Waals surface area contributed by atoms with E-state index in [1.54, 1.807) is 12.3 Å². The molecule has 0 heterocycles. The third-order valence-corrected chi connectivity index (χ3v) is 5.30. The van der Waals surface area contributed by atoms with Crippen molar-refractivity contribution in [1.82, 2.24) is 5.43 Å². The van der Waals surface area contributed by atoms with Gasteiger partial charge in [-0.05, 0) is 92.7 Å². The van der Waals surface area contributed by atoms with Gasteiger partial charge in [0.1, 0.15) is 5.75 Å². The molecule has 0 radical (unpaired) electrons. The second-order valence-corrected chi connectivity index (χ2v) is 7.83. The van der Waals surface area contributed by atoms with Crippen LogP contribution in [0.25, 0.3) is 10.8 Å². The largest absolute Gasteiger partial charge is 0.492 e. The van der Waals surface area contributed by atoms with Crippen molar-refractivity contribution in [3.05, 3.63) is 72.9 Å². The van der Waals surface area contributed by atoms with Crippen molar-refractivity contribution in [2.24, 2.45) is 5.10 Å². The molecule has 0 spiro atoms. The summed E-state index contributed by atoms with van der Waals surface area (Å²) >= 11 is 4.48. The number of halogens is 2. The molecule has 0 aliphatic carbocycles. The van der Waals surface area contributed by atoms with Crippen LogP contribution in [0, 0.1) is 7.14 Å². The summed E-state index contributed by atoms with van der Waals surface area (Å²) in [7, 11) is 0. The summed E-state index contributed by atoms with van der Waals surface area (Å²) in [5.74, 6) is 0.647. The Morgan fingerprint density at radius 1 is 1.08 bits per heavy atom. The van der Waals surface area contributed by atoms with E-state index in [2.05, 4.69) is 55.7 Å². The van der Waals surface area contributed by atoms with Crippen LogP contribution in [0.4, 0.5) is 0 Å². The van der Waals surface area contributed by atoms with E-state index in [4.69, 9.17) is 4.74 Å². The van der Waals surface area contributed by atoms with Gasteiger partial charge in [-0.25, -0.2) is 5.43 Å². The van der Waals surface area contributed by atoms with Crippen LogP contribution in [0.3, 0.4) is 0 Å². The van der Waals surface area contributed by atoms with Crippen LogP contribution < -0.4 is 10.2 Å². The Labute approximate surface area is 179 Å². The average Bonchev–Trinajstić information content (AvgIpc) is 2.64. The number of carbonyl (C=O) groups excluding carboxylic acids is 1. The molecule has 1 N–H and O–H groups in total. The van der Waals surface area contributed by atoms with Crippen molar-refractivity contribution in [3.8, 4) is 5.75 Å². The zero-order chi connectivity index (χ0) is 18.5. The van der Waals surface area contributed by atoms with Crippen molar-refractivity contribution in [2.45, 2.75) is 6.92 Å². The van der Waals surface area contributed by atoms with Crippen molar-refractivity contribution in [1.29, 1.82) is 0 Å².